The number of rotatable bonds is 9. The fourth-order valence-corrected chi connectivity index (χ4v) is 2.46. The summed E-state index contributed by atoms with van der Waals surface area (Å²) in [6.07, 6.45) is 1.91. The Morgan fingerprint density at radius 2 is 1.90 bits per heavy atom. The summed E-state index contributed by atoms with van der Waals surface area (Å²) >= 11 is 0. The van der Waals surface area contributed by atoms with Crippen molar-refractivity contribution >= 4 is 0 Å². The van der Waals surface area contributed by atoms with Crippen molar-refractivity contribution in [3.05, 3.63) is 23.5 Å². The maximum atomic E-state index is 6.02. The quantitative estimate of drug-likeness (QED) is 0.759. The summed E-state index contributed by atoms with van der Waals surface area (Å²) in [7, 11) is 0. The number of hydrogen-bond acceptors (Lipinski definition) is 4. The molecule has 0 aliphatic carbocycles. The van der Waals surface area contributed by atoms with Crippen LogP contribution in [0.5, 0.6) is 5.75 Å². The monoisotopic (exact) mass is 293 g/mol. The fourth-order valence-electron chi connectivity index (χ4n) is 2.46. The summed E-state index contributed by atoms with van der Waals surface area (Å²) in [5, 5.41) is 3.33. The first-order valence-corrected chi connectivity index (χ1v) is 8.00. The van der Waals surface area contributed by atoms with Gasteiger partial charge in [0.25, 0.3) is 0 Å². The van der Waals surface area contributed by atoms with Gasteiger partial charge in [-0.1, -0.05) is 6.92 Å². The average Bonchev–Trinajstić information content (AvgIpc) is 2.41. The summed E-state index contributed by atoms with van der Waals surface area (Å²) in [6.45, 7) is 16.4. The van der Waals surface area contributed by atoms with Crippen LogP contribution < -0.4 is 10.1 Å². The molecule has 0 unspecified atom stereocenters. The van der Waals surface area contributed by atoms with Gasteiger partial charge in [-0.25, -0.2) is 0 Å². The topological polar surface area (TPSA) is 37.4 Å². The van der Waals surface area contributed by atoms with Crippen LogP contribution in [0.2, 0.25) is 0 Å². The van der Waals surface area contributed by atoms with E-state index in [0.29, 0.717) is 18.7 Å². The van der Waals surface area contributed by atoms with Crippen LogP contribution >= 0.6 is 0 Å². The first kappa shape index (κ1) is 17.9. The lowest BCUT2D eigenvalue weighted by molar-refractivity contribution is 0.141. The van der Waals surface area contributed by atoms with Gasteiger partial charge in [0.2, 0.25) is 0 Å². The van der Waals surface area contributed by atoms with E-state index in [4.69, 9.17) is 4.74 Å². The molecule has 0 spiro atoms. The molecule has 0 aliphatic rings. The van der Waals surface area contributed by atoms with Crippen LogP contribution in [0.15, 0.2) is 12.3 Å². The van der Waals surface area contributed by atoms with Crippen molar-refractivity contribution in [2.24, 2.45) is 0 Å². The van der Waals surface area contributed by atoms with Crippen LogP contribution in [-0.4, -0.2) is 41.7 Å². The van der Waals surface area contributed by atoms with Gasteiger partial charge in [0, 0.05) is 48.7 Å². The number of ether oxygens (including phenoxy) is 1. The number of hydrogen-bond donors (Lipinski definition) is 1. The summed E-state index contributed by atoms with van der Waals surface area (Å²) in [5.41, 5.74) is 2.12. The molecule has 0 aliphatic heterocycles. The van der Waals surface area contributed by atoms with Crippen molar-refractivity contribution in [1.82, 2.24) is 15.2 Å². The Balaban J connectivity index is 2.63. The molecule has 0 bridgehead atoms. The third-order valence-corrected chi connectivity index (χ3v) is 3.58. The van der Waals surface area contributed by atoms with Gasteiger partial charge in [0.05, 0.1) is 0 Å². The average molecular weight is 293 g/mol. The molecule has 4 heteroatoms. The predicted octanol–water partition coefficient (Wildman–Crippen LogP) is 3.00. The van der Waals surface area contributed by atoms with E-state index in [1.165, 1.54) is 0 Å². The summed E-state index contributed by atoms with van der Waals surface area (Å²) in [5.74, 6) is 0.955. The second kappa shape index (κ2) is 9.00. The molecule has 21 heavy (non-hydrogen) atoms. The third-order valence-electron chi connectivity index (χ3n) is 3.58. The van der Waals surface area contributed by atoms with E-state index in [9.17, 15) is 0 Å². The van der Waals surface area contributed by atoms with E-state index in [1.54, 1.807) is 0 Å². The second-order valence-electron chi connectivity index (χ2n) is 5.99. The third kappa shape index (κ3) is 6.02. The van der Waals surface area contributed by atoms with Gasteiger partial charge in [-0.2, -0.15) is 0 Å². The summed E-state index contributed by atoms with van der Waals surface area (Å²) in [4.78, 5) is 6.80. The largest absolute Gasteiger partial charge is 0.492 e. The SMILES string of the molecule is CCNCc1cnc(C)cc1OCCN(C(C)C)C(C)C. The van der Waals surface area contributed by atoms with Crippen LogP contribution in [0.4, 0.5) is 0 Å². The molecular weight excluding hydrogens is 262 g/mol. The molecule has 0 fully saturated rings. The first-order valence-electron chi connectivity index (χ1n) is 8.00. The Morgan fingerprint density at radius 1 is 1.24 bits per heavy atom. The fraction of sp³-hybridized carbons (Fsp3) is 0.706. The Kier molecular flexibility index (Phi) is 7.68. The minimum absolute atomic E-state index is 0.536. The van der Waals surface area contributed by atoms with E-state index >= 15 is 0 Å². The van der Waals surface area contributed by atoms with Gasteiger partial charge in [-0.05, 0) is 41.2 Å². The minimum atomic E-state index is 0.536. The molecule has 0 atom stereocenters. The molecule has 120 valence electrons. The summed E-state index contributed by atoms with van der Waals surface area (Å²) < 4.78 is 6.02. The van der Waals surface area contributed by atoms with Crippen LogP contribution in [0, 0.1) is 6.92 Å². The number of aryl methyl sites for hydroxylation is 1. The molecule has 0 saturated carbocycles. The minimum Gasteiger partial charge on any atom is -0.492 e. The molecule has 0 saturated heterocycles. The van der Waals surface area contributed by atoms with Crippen molar-refractivity contribution in [2.45, 2.75) is 60.2 Å². The highest BCUT2D eigenvalue weighted by Crippen LogP contribution is 2.18. The van der Waals surface area contributed by atoms with Crippen molar-refractivity contribution in [1.29, 1.82) is 0 Å². The second-order valence-corrected chi connectivity index (χ2v) is 5.99. The number of pyridine rings is 1. The maximum Gasteiger partial charge on any atom is 0.127 e. The molecular formula is C17H31N3O. The lowest BCUT2D eigenvalue weighted by atomic mass is 10.2. The standard InChI is InChI=1S/C17H31N3O/c1-7-18-11-16-12-19-15(6)10-17(16)21-9-8-20(13(2)3)14(4)5/h10,12-14,18H,7-9,11H2,1-6H3. The Morgan fingerprint density at radius 3 is 2.48 bits per heavy atom. The Hall–Kier alpha value is -1.13. The van der Waals surface area contributed by atoms with E-state index < -0.39 is 0 Å². The summed E-state index contributed by atoms with van der Waals surface area (Å²) in [6, 6.07) is 3.10. The lowest BCUT2D eigenvalue weighted by Gasteiger charge is -2.30. The maximum absolute atomic E-state index is 6.02. The van der Waals surface area contributed by atoms with Gasteiger partial charge < -0.3 is 10.1 Å². The zero-order chi connectivity index (χ0) is 15.8. The highest BCUT2D eigenvalue weighted by molar-refractivity contribution is 5.32. The number of nitrogens with zero attached hydrogens (tertiary/aromatic N) is 2. The Bertz CT molecular complexity index is 410. The molecule has 0 amide bonds. The zero-order valence-electron chi connectivity index (χ0n) is 14.4. The van der Waals surface area contributed by atoms with Gasteiger partial charge >= 0.3 is 0 Å². The first-order chi connectivity index (χ1) is 9.95. The molecule has 1 N–H and O–H groups in total. The Labute approximate surface area is 129 Å². The van der Waals surface area contributed by atoms with E-state index in [2.05, 4.69) is 49.8 Å². The van der Waals surface area contributed by atoms with Crippen molar-refractivity contribution in [2.75, 3.05) is 19.7 Å². The molecule has 1 heterocycles. The number of aromatic nitrogens is 1. The molecule has 1 aromatic heterocycles. The van der Waals surface area contributed by atoms with Crippen molar-refractivity contribution in [3.8, 4) is 5.75 Å². The van der Waals surface area contributed by atoms with Crippen LogP contribution in [-0.2, 0) is 6.54 Å². The molecule has 1 aromatic rings. The van der Waals surface area contributed by atoms with Gasteiger partial charge in [0.15, 0.2) is 0 Å². The van der Waals surface area contributed by atoms with Crippen LogP contribution in [0.1, 0.15) is 45.9 Å². The van der Waals surface area contributed by atoms with Crippen molar-refractivity contribution in [3.63, 3.8) is 0 Å². The van der Waals surface area contributed by atoms with E-state index in [1.807, 2.05) is 19.2 Å². The zero-order valence-corrected chi connectivity index (χ0v) is 14.4. The molecule has 4 nitrogen and oxygen atoms in total. The van der Waals surface area contributed by atoms with Crippen LogP contribution in [0.3, 0.4) is 0 Å². The van der Waals surface area contributed by atoms with Gasteiger partial charge in [-0.15, -0.1) is 0 Å². The lowest BCUT2D eigenvalue weighted by Crippen LogP contribution is -2.39. The van der Waals surface area contributed by atoms with E-state index in [0.717, 1.165) is 36.6 Å². The van der Waals surface area contributed by atoms with Gasteiger partial charge in [0.1, 0.15) is 12.4 Å². The highest BCUT2D eigenvalue weighted by atomic mass is 16.5. The van der Waals surface area contributed by atoms with E-state index in [-0.39, 0.29) is 0 Å². The van der Waals surface area contributed by atoms with Crippen molar-refractivity contribution < 1.29 is 4.74 Å². The smallest absolute Gasteiger partial charge is 0.127 e. The highest BCUT2D eigenvalue weighted by Gasteiger charge is 2.13. The molecule has 0 radical (unpaired) electrons. The van der Waals surface area contributed by atoms with Gasteiger partial charge in [-0.3, -0.25) is 9.88 Å². The molecule has 1 rings (SSSR count). The normalized spacial score (nSPS) is 11.7. The number of nitrogens with one attached hydrogen (secondary N) is 1. The predicted molar refractivity (Wildman–Crippen MR) is 88.8 cm³/mol. The molecule has 0 aromatic carbocycles. The van der Waals surface area contributed by atoms with Crippen LogP contribution in [0.25, 0.3) is 0 Å².